The van der Waals surface area contributed by atoms with Crippen LogP contribution in [0.5, 0.6) is 5.75 Å². The molecule has 7 nitrogen and oxygen atoms in total. The van der Waals surface area contributed by atoms with Crippen LogP contribution >= 0.6 is 0 Å². The summed E-state index contributed by atoms with van der Waals surface area (Å²) in [7, 11) is 1.64. The summed E-state index contributed by atoms with van der Waals surface area (Å²) in [5, 5.41) is 0. The molecule has 2 heterocycles. The van der Waals surface area contributed by atoms with Gasteiger partial charge in [0, 0.05) is 56.0 Å². The summed E-state index contributed by atoms with van der Waals surface area (Å²) in [6, 6.07) is 15.1. The fourth-order valence-electron chi connectivity index (χ4n) is 5.43. The van der Waals surface area contributed by atoms with Crippen LogP contribution < -0.4 is 9.64 Å². The average molecular weight is 492 g/mol. The predicted molar refractivity (Wildman–Crippen MR) is 140 cm³/mol. The zero-order valence-electron chi connectivity index (χ0n) is 21.6. The largest absolute Gasteiger partial charge is 0.496 e. The van der Waals surface area contributed by atoms with Crippen molar-refractivity contribution in [1.82, 2.24) is 9.80 Å². The second-order valence-electron chi connectivity index (χ2n) is 9.69. The highest BCUT2D eigenvalue weighted by molar-refractivity contribution is 5.94. The van der Waals surface area contributed by atoms with Crippen LogP contribution in [0.2, 0.25) is 0 Å². The number of carbonyl (C=O) groups excluding carboxylic acids is 3. The molecular formula is C29H37N3O4. The number of rotatable bonds is 8. The van der Waals surface area contributed by atoms with Gasteiger partial charge in [0.2, 0.25) is 11.8 Å². The van der Waals surface area contributed by atoms with Crippen molar-refractivity contribution < 1.29 is 19.1 Å². The average Bonchev–Trinajstić information content (AvgIpc) is 2.92. The van der Waals surface area contributed by atoms with Gasteiger partial charge in [0.15, 0.2) is 5.78 Å². The Morgan fingerprint density at radius 1 is 1.00 bits per heavy atom. The fourth-order valence-corrected chi connectivity index (χ4v) is 5.43. The standard InChI is InChI=1S/C29H37N3O4/c1-4-5-16-32-27(34)15-14-25(28(32)24-8-6-7-9-26(24)36-3)29(35)31-19-17-30(18-20-31)23-12-10-22(11-13-23)21(2)33/h6-13,25,28H,4-5,14-20H2,1-3H3. The summed E-state index contributed by atoms with van der Waals surface area (Å²) < 4.78 is 5.66. The first-order valence-corrected chi connectivity index (χ1v) is 13.0. The molecule has 0 aliphatic carbocycles. The molecule has 4 rings (SSSR count). The summed E-state index contributed by atoms with van der Waals surface area (Å²) >= 11 is 0. The van der Waals surface area contributed by atoms with Gasteiger partial charge < -0.3 is 19.4 Å². The molecule has 2 aromatic rings. The molecule has 36 heavy (non-hydrogen) atoms. The third-order valence-corrected chi connectivity index (χ3v) is 7.46. The first-order chi connectivity index (χ1) is 17.4. The molecule has 2 aliphatic rings. The van der Waals surface area contributed by atoms with Gasteiger partial charge >= 0.3 is 0 Å². The van der Waals surface area contributed by atoms with Crippen LogP contribution in [0.3, 0.4) is 0 Å². The lowest BCUT2D eigenvalue weighted by Gasteiger charge is -2.44. The molecule has 192 valence electrons. The van der Waals surface area contributed by atoms with Crippen molar-refractivity contribution in [3.8, 4) is 5.75 Å². The molecule has 0 radical (unpaired) electrons. The summed E-state index contributed by atoms with van der Waals surface area (Å²) in [6.45, 7) is 7.05. The number of likely N-dealkylation sites (tertiary alicyclic amines) is 1. The summed E-state index contributed by atoms with van der Waals surface area (Å²) in [6.07, 6.45) is 2.83. The highest BCUT2D eigenvalue weighted by Gasteiger charge is 2.43. The van der Waals surface area contributed by atoms with Crippen LogP contribution in [-0.4, -0.2) is 67.2 Å². The Morgan fingerprint density at radius 2 is 1.69 bits per heavy atom. The third-order valence-electron chi connectivity index (χ3n) is 7.46. The molecule has 0 aromatic heterocycles. The predicted octanol–water partition coefficient (Wildman–Crippen LogP) is 4.33. The highest BCUT2D eigenvalue weighted by Crippen LogP contribution is 2.41. The molecule has 0 N–H and O–H groups in total. The van der Waals surface area contributed by atoms with Crippen LogP contribution in [0.15, 0.2) is 48.5 Å². The van der Waals surface area contributed by atoms with Crippen molar-refractivity contribution in [2.24, 2.45) is 5.92 Å². The van der Waals surface area contributed by atoms with E-state index in [2.05, 4.69) is 11.8 Å². The Balaban J connectivity index is 1.52. The smallest absolute Gasteiger partial charge is 0.228 e. The van der Waals surface area contributed by atoms with E-state index in [1.165, 1.54) is 0 Å². The number of ketones is 1. The van der Waals surface area contributed by atoms with E-state index < -0.39 is 0 Å². The lowest BCUT2D eigenvalue weighted by Crippen LogP contribution is -2.54. The highest BCUT2D eigenvalue weighted by atomic mass is 16.5. The van der Waals surface area contributed by atoms with Crippen LogP contribution in [0, 0.1) is 5.92 Å². The minimum atomic E-state index is -0.321. The van der Waals surface area contributed by atoms with Crippen LogP contribution in [0.1, 0.15) is 61.5 Å². The van der Waals surface area contributed by atoms with E-state index in [1.54, 1.807) is 14.0 Å². The number of piperidine rings is 1. The number of nitrogens with zero attached hydrogens (tertiary/aromatic N) is 3. The molecule has 2 unspecified atom stereocenters. The molecule has 2 aromatic carbocycles. The van der Waals surface area contributed by atoms with E-state index in [0.717, 1.165) is 42.9 Å². The van der Waals surface area contributed by atoms with Crippen molar-refractivity contribution in [3.05, 3.63) is 59.7 Å². The van der Waals surface area contributed by atoms with E-state index in [-0.39, 0.29) is 29.6 Å². The molecule has 2 amide bonds. The maximum absolute atomic E-state index is 13.9. The van der Waals surface area contributed by atoms with Gasteiger partial charge in [-0.2, -0.15) is 0 Å². The molecule has 7 heteroatoms. The number of unbranched alkanes of at least 4 members (excludes halogenated alkanes) is 1. The second kappa shape index (κ2) is 11.6. The van der Waals surface area contributed by atoms with Crippen LogP contribution in [-0.2, 0) is 9.59 Å². The van der Waals surface area contributed by atoms with E-state index in [4.69, 9.17) is 4.74 Å². The lowest BCUT2D eigenvalue weighted by atomic mass is 9.82. The van der Waals surface area contributed by atoms with E-state index in [9.17, 15) is 14.4 Å². The zero-order valence-corrected chi connectivity index (χ0v) is 21.6. The molecule has 2 saturated heterocycles. The number of methoxy groups -OCH3 is 1. The second-order valence-corrected chi connectivity index (χ2v) is 9.69. The number of benzene rings is 2. The van der Waals surface area contributed by atoms with Gasteiger partial charge in [-0.25, -0.2) is 0 Å². The Bertz CT molecular complexity index is 1080. The Labute approximate surface area is 214 Å². The number of hydrogen-bond acceptors (Lipinski definition) is 5. The van der Waals surface area contributed by atoms with Crippen molar-refractivity contribution in [3.63, 3.8) is 0 Å². The maximum atomic E-state index is 13.9. The Morgan fingerprint density at radius 3 is 2.33 bits per heavy atom. The summed E-state index contributed by atoms with van der Waals surface area (Å²) in [4.78, 5) is 44.7. The first-order valence-electron chi connectivity index (χ1n) is 13.0. The number of ether oxygens (including phenoxy) is 1. The molecular weight excluding hydrogens is 454 g/mol. The van der Waals surface area contributed by atoms with Crippen molar-refractivity contribution in [1.29, 1.82) is 0 Å². The van der Waals surface area contributed by atoms with E-state index in [0.29, 0.717) is 38.0 Å². The zero-order chi connectivity index (χ0) is 25.7. The number of carbonyl (C=O) groups is 3. The number of Topliss-reactive ketones (excluding diaryl/α,β-unsaturated/α-hetero) is 1. The first kappa shape index (κ1) is 25.7. The Kier molecular flexibility index (Phi) is 8.28. The van der Waals surface area contributed by atoms with E-state index >= 15 is 0 Å². The van der Waals surface area contributed by atoms with Crippen molar-refractivity contribution >= 4 is 23.3 Å². The van der Waals surface area contributed by atoms with Crippen molar-refractivity contribution in [2.75, 3.05) is 44.7 Å². The molecule has 2 atom stereocenters. The van der Waals surface area contributed by atoms with E-state index in [1.807, 2.05) is 58.3 Å². The SMILES string of the molecule is CCCCN1C(=O)CCC(C(=O)N2CCN(c3ccc(C(C)=O)cc3)CC2)C1c1ccccc1OC. The van der Waals surface area contributed by atoms with Gasteiger partial charge in [-0.3, -0.25) is 14.4 Å². The lowest BCUT2D eigenvalue weighted by molar-refractivity contribution is -0.148. The minimum Gasteiger partial charge on any atom is -0.496 e. The number of para-hydroxylation sites is 1. The molecule has 2 aliphatic heterocycles. The monoisotopic (exact) mass is 491 g/mol. The van der Waals surface area contributed by atoms with Gasteiger partial charge in [0.1, 0.15) is 5.75 Å². The minimum absolute atomic E-state index is 0.0560. The fraction of sp³-hybridized carbons (Fsp3) is 0.483. The molecule has 0 saturated carbocycles. The number of hydrogen-bond donors (Lipinski definition) is 0. The quantitative estimate of drug-likeness (QED) is 0.514. The molecule has 2 fully saturated rings. The number of piperazine rings is 1. The number of amides is 2. The topological polar surface area (TPSA) is 70.2 Å². The number of anilines is 1. The van der Waals surface area contributed by atoms with Crippen LogP contribution in [0.25, 0.3) is 0 Å². The van der Waals surface area contributed by atoms with Gasteiger partial charge in [0.25, 0.3) is 0 Å². The van der Waals surface area contributed by atoms with Gasteiger partial charge in [-0.05, 0) is 50.1 Å². The van der Waals surface area contributed by atoms with Gasteiger partial charge in [-0.1, -0.05) is 31.5 Å². The summed E-state index contributed by atoms with van der Waals surface area (Å²) in [5.41, 5.74) is 2.68. The summed E-state index contributed by atoms with van der Waals surface area (Å²) in [5.74, 6) is 0.710. The normalized spacial score (nSPS) is 20.4. The van der Waals surface area contributed by atoms with Gasteiger partial charge in [-0.15, -0.1) is 0 Å². The van der Waals surface area contributed by atoms with Crippen LogP contribution in [0.4, 0.5) is 5.69 Å². The van der Waals surface area contributed by atoms with Gasteiger partial charge in [0.05, 0.1) is 19.1 Å². The Hall–Kier alpha value is -3.35. The maximum Gasteiger partial charge on any atom is 0.228 e. The van der Waals surface area contributed by atoms with Crippen molar-refractivity contribution in [2.45, 2.75) is 45.6 Å². The molecule has 0 bridgehead atoms. The molecule has 0 spiro atoms. The third kappa shape index (κ3) is 5.40.